The molecule has 2 fully saturated rings. The molecule has 1 spiro atoms. The van der Waals surface area contributed by atoms with Crippen LogP contribution in [-0.4, -0.2) is 65.8 Å². The molecule has 3 aliphatic rings. The molecule has 2 saturated heterocycles. The SMILES string of the molecule is CCCN(CCCN1CCC2(CC1)OCc1ccc(F)cc12)C(=O)C(c1ccc(F)c(F)c1)N1CCCC1=O. The zero-order chi connectivity index (χ0) is 27.6. The van der Waals surface area contributed by atoms with Crippen LogP contribution in [0, 0.1) is 17.5 Å². The summed E-state index contributed by atoms with van der Waals surface area (Å²) in [5, 5.41) is 0. The topological polar surface area (TPSA) is 53.1 Å². The molecule has 2 aromatic carbocycles. The number of rotatable bonds is 9. The first kappa shape index (κ1) is 27.6. The maximum Gasteiger partial charge on any atom is 0.250 e. The van der Waals surface area contributed by atoms with Gasteiger partial charge in [-0.15, -0.1) is 0 Å². The molecule has 2 aromatic rings. The van der Waals surface area contributed by atoms with Gasteiger partial charge in [0.15, 0.2) is 11.6 Å². The normalized spacial score (nSPS) is 19.5. The third kappa shape index (κ3) is 5.70. The molecule has 6 nitrogen and oxygen atoms in total. The zero-order valence-electron chi connectivity index (χ0n) is 22.4. The summed E-state index contributed by atoms with van der Waals surface area (Å²) in [6, 6.07) is 7.39. The fourth-order valence-corrected chi connectivity index (χ4v) is 6.28. The average molecular weight is 544 g/mol. The minimum Gasteiger partial charge on any atom is -0.365 e. The second kappa shape index (κ2) is 11.7. The van der Waals surface area contributed by atoms with Gasteiger partial charge < -0.3 is 19.4 Å². The van der Waals surface area contributed by atoms with E-state index in [-0.39, 0.29) is 17.6 Å². The highest BCUT2D eigenvalue weighted by Crippen LogP contribution is 2.44. The molecule has 0 N–H and O–H groups in total. The molecule has 1 atom stereocenters. The Morgan fingerprint density at radius 3 is 2.54 bits per heavy atom. The van der Waals surface area contributed by atoms with Crippen LogP contribution in [0.15, 0.2) is 36.4 Å². The van der Waals surface area contributed by atoms with Gasteiger partial charge in [0.2, 0.25) is 11.8 Å². The molecule has 3 heterocycles. The third-order valence-corrected chi connectivity index (χ3v) is 8.35. The number of carbonyl (C=O) groups excluding carboxylic acids is 2. The van der Waals surface area contributed by atoms with E-state index in [1.165, 1.54) is 17.0 Å². The number of nitrogens with zero attached hydrogens (tertiary/aromatic N) is 3. The van der Waals surface area contributed by atoms with Crippen LogP contribution in [0.25, 0.3) is 0 Å². The number of halogens is 3. The second-order valence-corrected chi connectivity index (χ2v) is 10.9. The molecule has 1 unspecified atom stereocenters. The molecular formula is C30H36F3N3O3. The number of likely N-dealkylation sites (tertiary alicyclic amines) is 2. The van der Waals surface area contributed by atoms with Crippen molar-refractivity contribution in [2.45, 2.75) is 63.7 Å². The van der Waals surface area contributed by atoms with Crippen LogP contribution in [0.3, 0.4) is 0 Å². The van der Waals surface area contributed by atoms with E-state index in [1.54, 1.807) is 11.0 Å². The number of amides is 2. The summed E-state index contributed by atoms with van der Waals surface area (Å²) < 4.78 is 47.9. The lowest BCUT2D eigenvalue weighted by atomic mass is 9.83. The van der Waals surface area contributed by atoms with E-state index >= 15 is 0 Å². The average Bonchev–Trinajstić information content (AvgIpc) is 3.50. The molecule has 0 aliphatic carbocycles. The van der Waals surface area contributed by atoms with Crippen LogP contribution >= 0.6 is 0 Å². The van der Waals surface area contributed by atoms with Crippen molar-refractivity contribution in [1.29, 1.82) is 0 Å². The monoisotopic (exact) mass is 543 g/mol. The van der Waals surface area contributed by atoms with Gasteiger partial charge in [-0.25, -0.2) is 13.2 Å². The van der Waals surface area contributed by atoms with Crippen LogP contribution in [0.5, 0.6) is 0 Å². The summed E-state index contributed by atoms with van der Waals surface area (Å²) in [5.74, 6) is -2.65. The molecule has 5 rings (SSSR count). The molecule has 3 aliphatic heterocycles. The van der Waals surface area contributed by atoms with Crippen molar-refractivity contribution in [3.05, 3.63) is 70.5 Å². The number of hydrogen-bond donors (Lipinski definition) is 0. The van der Waals surface area contributed by atoms with Crippen LogP contribution in [0.4, 0.5) is 13.2 Å². The highest BCUT2D eigenvalue weighted by molar-refractivity contribution is 5.89. The van der Waals surface area contributed by atoms with Crippen molar-refractivity contribution in [1.82, 2.24) is 14.7 Å². The van der Waals surface area contributed by atoms with Crippen LogP contribution in [-0.2, 0) is 26.5 Å². The molecular weight excluding hydrogens is 507 g/mol. The first-order valence-corrected chi connectivity index (χ1v) is 14.0. The highest BCUT2D eigenvalue weighted by Gasteiger charge is 2.43. The highest BCUT2D eigenvalue weighted by atomic mass is 19.2. The maximum absolute atomic E-state index is 14.1. The van der Waals surface area contributed by atoms with Gasteiger partial charge in [-0.05, 0) is 79.6 Å². The Hall–Kier alpha value is -2.91. The van der Waals surface area contributed by atoms with E-state index in [2.05, 4.69) is 4.90 Å². The Kier molecular flexibility index (Phi) is 8.28. The van der Waals surface area contributed by atoms with Crippen LogP contribution in [0.1, 0.15) is 68.2 Å². The molecule has 0 aromatic heterocycles. The van der Waals surface area contributed by atoms with Crippen LogP contribution in [0.2, 0.25) is 0 Å². The summed E-state index contributed by atoms with van der Waals surface area (Å²) >= 11 is 0. The lowest BCUT2D eigenvalue weighted by molar-refractivity contribution is -0.144. The van der Waals surface area contributed by atoms with Gasteiger partial charge in [0.25, 0.3) is 0 Å². The van der Waals surface area contributed by atoms with E-state index < -0.39 is 23.3 Å². The minimum atomic E-state index is -1.03. The minimum absolute atomic E-state index is 0.146. The predicted molar refractivity (Wildman–Crippen MR) is 140 cm³/mol. The lowest BCUT2D eigenvalue weighted by Gasteiger charge is -2.39. The van der Waals surface area contributed by atoms with Crippen molar-refractivity contribution >= 4 is 11.8 Å². The van der Waals surface area contributed by atoms with Gasteiger partial charge in [0, 0.05) is 39.1 Å². The summed E-state index contributed by atoms with van der Waals surface area (Å²) in [7, 11) is 0. The van der Waals surface area contributed by atoms with Crippen molar-refractivity contribution in [2.24, 2.45) is 0 Å². The maximum atomic E-state index is 14.1. The molecule has 210 valence electrons. The van der Waals surface area contributed by atoms with Gasteiger partial charge in [-0.2, -0.15) is 0 Å². The Bertz CT molecular complexity index is 1220. The molecule has 9 heteroatoms. The predicted octanol–water partition coefficient (Wildman–Crippen LogP) is 4.92. The van der Waals surface area contributed by atoms with E-state index in [0.717, 1.165) is 68.6 Å². The number of piperidine rings is 1. The largest absolute Gasteiger partial charge is 0.365 e. The summed E-state index contributed by atoms with van der Waals surface area (Å²) in [4.78, 5) is 32.0. The zero-order valence-corrected chi connectivity index (χ0v) is 22.4. The first-order chi connectivity index (χ1) is 18.8. The molecule has 39 heavy (non-hydrogen) atoms. The standard InChI is InChI=1S/C30H36F3N3O3/c1-2-12-35(29(38)28(36-15-3-5-27(36)37)21-7-9-25(32)26(33)18-21)14-4-13-34-16-10-30(11-17-34)24-19-23(31)8-6-22(24)20-39-30/h6-9,18-19,28H,2-5,10-17,20H2,1H3. The third-order valence-electron chi connectivity index (χ3n) is 8.35. The first-order valence-electron chi connectivity index (χ1n) is 14.0. The Morgan fingerprint density at radius 1 is 1.05 bits per heavy atom. The van der Waals surface area contributed by atoms with Crippen molar-refractivity contribution in [3.63, 3.8) is 0 Å². The number of carbonyl (C=O) groups is 2. The van der Waals surface area contributed by atoms with Crippen LogP contribution < -0.4 is 0 Å². The number of ether oxygens (including phenoxy) is 1. The number of hydrogen-bond acceptors (Lipinski definition) is 4. The molecule has 0 saturated carbocycles. The number of benzene rings is 2. The van der Waals surface area contributed by atoms with Gasteiger partial charge in [-0.1, -0.05) is 19.1 Å². The van der Waals surface area contributed by atoms with Gasteiger partial charge in [0.05, 0.1) is 12.2 Å². The summed E-state index contributed by atoms with van der Waals surface area (Å²) in [6.45, 7) is 6.36. The van der Waals surface area contributed by atoms with Gasteiger partial charge in [0.1, 0.15) is 11.9 Å². The number of fused-ring (bicyclic) bond motifs is 2. The van der Waals surface area contributed by atoms with E-state index in [0.29, 0.717) is 44.6 Å². The second-order valence-electron chi connectivity index (χ2n) is 10.9. The summed E-state index contributed by atoms with van der Waals surface area (Å²) in [6.07, 6.45) is 4.04. The molecule has 0 radical (unpaired) electrons. The summed E-state index contributed by atoms with van der Waals surface area (Å²) in [5.41, 5.74) is 1.91. The van der Waals surface area contributed by atoms with E-state index in [9.17, 15) is 22.8 Å². The molecule has 2 amide bonds. The Morgan fingerprint density at radius 2 is 1.85 bits per heavy atom. The van der Waals surface area contributed by atoms with Crippen molar-refractivity contribution < 1.29 is 27.5 Å². The van der Waals surface area contributed by atoms with Gasteiger partial charge in [-0.3, -0.25) is 9.59 Å². The quantitative estimate of drug-likeness (QED) is 0.451. The lowest BCUT2D eigenvalue weighted by Crippen LogP contribution is -2.46. The fourth-order valence-electron chi connectivity index (χ4n) is 6.28. The van der Waals surface area contributed by atoms with Gasteiger partial charge >= 0.3 is 0 Å². The Balaban J connectivity index is 1.22. The van der Waals surface area contributed by atoms with Crippen molar-refractivity contribution in [2.75, 3.05) is 39.3 Å². The van der Waals surface area contributed by atoms with E-state index in [1.807, 2.05) is 13.0 Å². The fraction of sp³-hybridized carbons (Fsp3) is 0.533. The van der Waals surface area contributed by atoms with Crippen molar-refractivity contribution in [3.8, 4) is 0 Å². The molecule has 0 bridgehead atoms. The smallest absolute Gasteiger partial charge is 0.250 e. The van der Waals surface area contributed by atoms with E-state index in [4.69, 9.17) is 4.74 Å². The Labute approximate surface area is 227 Å².